The number of carbonyl (C=O) groups excluding carboxylic acids is 1. The lowest BCUT2D eigenvalue weighted by Gasteiger charge is -2.31. The van der Waals surface area contributed by atoms with Crippen LogP contribution in [0.4, 0.5) is 4.39 Å². The highest BCUT2D eigenvalue weighted by atomic mass is 19.1. The molecule has 134 valence electrons. The topological polar surface area (TPSA) is 59.0 Å². The summed E-state index contributed by atoms with van der Waals surface area (Å²) in [6.07, 6.45) is 2.54. The molecule has 0 saturated heterocycles. The quantitative estimate of drug-likeness (QED) is 0.789. The number of hydrogen-bond donors (Lipinski definition) is 1. The summed E-state index contributed by atoms with van der Waals surface area (Å²) in [6.45, 7) is 1.47. The first kappa shape index (κ1) is 18.7. The Labute approximate surface area is 142 Å². The molecule has 6 heteroatoms. The molecule has 1 amide bonds. The van der Waals surface area contributed by atoms with E-state index >= 15 is 0 Å². The molecule has 1 aromatic rings. The standard InChI is InChI=1S/C18H26FNO4/c1-23-11-9-20(18(22)14-5-4-6-15(21)13-14)10-12-24-17-8-3-2-7-16(17)19/h2-3,7-8,14-15,21H,4-6,9-13H2,1H3/t14-,15+/m0/s1. The molecule has 24 heavy (non-hydrogen) atoms. The van der Waals surface area contributed by atoms with E-state index in [2.05, 4.69) is 0 Å². The van der Waals surface area contributed by atoms with Crippen LogP contribution in [0.1, 0.15) is 25.7 Å². The van der Waals surface area contributed by atoms with E-state index in [4.69, 9.17) is 9.47 Å². The molecule has 1 saturated carbocycles. The third-order valence-corrected chi connectivity index (χ3v) is 4.33. The highest BCUT2D eigenvalue weighted by molar-refractivity contribution is 5.79. The predicted octanol–water partition coefficient (Wildman–Crippen LogP) is 2.23. The minimum absolute atomic E-state index is 0.0166. The van der Waals surface area contributed by atoms with Crippen LogP contribution in [-0.2, 0) is 9.53 Å². The number of para-hydroxylation sites is 1. The van der Waals surface area contributed by atoms with Crippen molar-refractivity contribution in [1.29, 1.82) is 0 Å². The summed E-state index contributed by atoms with van der Waals surface area (Å²) < 4.78 is 24.1. The van der Waals surface area contributed by atoms with Crippen molar-refractivity contribution in [2.75, 3.05) is 33.4 Å². The van der Waals surface area contributed by atoms with Crippen molar-refractivity contribution in [2.24, 2.45) is 5.92 Å². The molecule has 1 fully saturated rings. The summed E-state index contributed by atoms with van der Waals surface area (Å²) in [4.78, 5) is 14.4. The van der Waals surface area contributed by atoms with E-state index in [1.54, 1.807) is 30.2 Å². The number of hydrogen-bond acceptors (Lipinski definition) is 4. The normalized spacial score (nSPS) is 20.6. The fourth-order valence-corrected chi connectivity index (χ4v) is 3.01. The molecular weight excluding hydrogens is 313 g/mol. The first-order valence-electron chi connectivity index (χ1n) is 8.45. The Bertz CT molecular complexity index is 525. The van der Waals surface area contributed by atoms with Crippen LogP contribution >= 0.6 is 0 Å². The Hall–Kier alpha value is -1.66. The smallest absolute Gasteiger partial charge is 0.225 e. The van der Waals surface area contributed by atoms with Crippen molar-refractivity contribution >= 4 is 5.91 Å². The Morgan fingerprint density at radius 2 is 2.04 bits per heavy atom. The van der Waals surface area contributed by atoms with Crippen molar-refractivity contribution in [2.45, 2.75) is 31.8 Å². The zero-order valence-electron chi connectivity index (χ0n) is 14.1. The zero-order chi connectivity index (χ0) is 17.4. The molecule has 1 aromatic carbocycles. The lowest BCUT2D eigenvalue weighted by Crippen LogP contribution is -2.42. The number of methoxy groups -OCH3 is 1. The highest BCUT2D eigenvalue weighted by Crippen LogP contribution is 2.26. The van der Waals surface area contributed by atoms with E-state index in [-0.39, 0.29) is 24.2 Å². The molecule has 1 N–H and O–H groups in total. The van der Waals surface area contributed by atoms with E-state index in [1.807, 2.05) is 0 Å². The van der Waals surface area contributed by atoms with Gasteiger partial charge in [-0.3, -0.25) is 4.79 Å². The number of aliphatic hydroxyl groups excluding tert-OH is 1. The molecule has 0 unspecified atom stereocenters. The number of nitrogens with zero attached hydrogens (tertiary/aromatic N) is 1. The first-order chi connectivity index (χ1) is 11.6. The summed E-state index contributed by atoms with van der Waals surface area (Å²) in [7, 11) is 1.59. The first-order valence-corrected chi connectivity index (χ1v) is 8.45. The second-order valence-corrected chi connectivity index (χ2v) is 6.11. The van der Waals surface area contributed by atoms with Crippen molar-refractivity contribution < 1.29 is 23.8 Å². The average Bonchev–Trinajstić information content (AvgIpc) is 2.59. The van der Waals surface area contributed by atoms with Gasteiger partial charge in [0.15, 0.2) is 11.6 Å². The highest BCUT2D eigenvalue weighted by Gasteiger charge is 2.29. The lowest BCUT2D eigenvalue weighted by molar-refractivity contribution is -0.139. The van der Waals surface area contributed by atoms with Gasteiger partial charge in [0, 0.05) is 19.6 Å². The van der Waals surface area contributed by atoms with Crippen LogP contribution < -0.4 is 4.74 Å². The maximum atomic E-state index is 13.6. The van der Waals surface area contributed by atoms with Crippen molar-refractivity contribution in [3.05, 3.63) is 30.1 Å². The van der Waals surface area contributed by atoms with Gasteiger partial charge in [0.2, 0.25) is 5.91 Å². The lowest BCUT2D eigenvalue weighted by atomic mass is 9.86. The largest absolute Gasteiger partial charge is 0.489 e. The van der Waals surface area contributed by atoms with E-state index in [9.17, 15) is 14.3 Å². The van der Waals surface area contributed by atoms with Crippen LogP contribution in [0.3, 0.4) is 0 Å². The summed E-state index contributed by atoms with van der Waals surface area (Å²) in [5, 5.41) is 9.78. The van der Waals surface area contributed by atoms with Gasteiger partial charge < -0.3 is 19.5 Å². The van der Waals surface area contributed by atoms with Gasteiger partial charge in [-0.15, -0.1) is 0 Å². The fourth-order valence-electron chi connectivity index (χ4n) is 3.01. The summed E-state index contributed by atoms with van der Waals surface area (Å²) in [5.41, 5.74) is 0. The van der Waals surface area contributed by atoms with E-state index in [0.29, 0.717) is 26.1 Å². The molecule has 0 aromatic heterocycles. The Balaban J connectivity index is 1.89. The summed E-state index contributed by atoms with van der Waals surface area (Å²) in [6, 6.07) is 6.21. The SMILES string of the molecule is COCCN(CCOc1ccccc1F)C(=O)[C@H]1CCC[C@@H](O)C1. The van der Waals surface area contributed by atoms with Gasteiger partial charge in [-0.05, 0) is 31.4 Å². The molecule has 2 atom stereocenters. The van der Waals surface area contributed by atoms with E-state index in [1.165, 1.54) is 6.07 Å². The number of carbonyl (C=O) groups is 1. The second-order valence-electron chi connectivity index (χ2n) is 6.11. The van der Waals surface area contributed by atoms with Crippen molar-refractivity contribution in [3.63, 3.8) is 0 Å². The zero-order valence-corrected chi connectivity index (χ0v) is 14.1. The Morgan fingerprint density at radius 1 is 1.29 bits per heavy atom. The third kappa shape index (κ3) is 5.46. The summed E-state index contributed by atoms with van der Waals surface area (Å²) in [5.74, 6) is -0.366. The number of aliphatic hydroxyl groups is 1. The van der Waals surface area contributed by atoms with Crippen LogP contribution in [0.5, 0.6) is 5.75 Å². The molecule has 0 spiro atoms. The minimum Gasteiger partial charge on any atom is -0.489 e. The molecule has 0 bridgehead atoms. The minimum atomic E-state index is -0.414. The number of benzene rings is 1. The average molecular weight is 339 g/mol. The summed E-state index contributed by atoms with van der Waals surface area (Å²) >= 11 is 0. The molecule has 1 aliphatic carbocycles. The van der Waals surface area contributed by atoms with Gasteiger partial charge in [0.05, 0.1) is 19.3 Å². The monoisotopic (exact) mass is 339 g/mol. The molecule has 0 heterocycles. The van der Waals surface area contributed by atoms with E-state index in [0.717, 1.165) is 19.3 Å². The van der Waals surface area contributed by atoms with Crippen LogP contribution in [0, 0.1) is 11.7 Å². The maximum Gasteiger partial charge on any atom is 0.225 e. The maximum absolute atomic E-state index is 13.6. The number of rotatable bonds is 8. The van der Waals surface area contributed by atoms with Crippen molar-refractivity contribution in [1.82, 2.24) is 4.90 Å². The van der Waals surface area contributed by atoms with Gasteiger partial charge in [-0.1, -0.05) is 18.6 Å². The van der Waals surface area contributed by atoms with Gasteiger partial charge in [0.25, 0.3) is 0 Å². The van der Waals surface area contributed by atoms with Gasteiger partial charge in [-0.2, -0.15) is 0 Å². The molecular formula is C18H26FNO4. The van der Waals surface area contributed by atoms with Crippen LogP contribution in [-0.4, -0.2) is 55.4 Å². The number of ether oxygens (including phenoxy) is 2. The molecule has 1 aliphatic rings. The van der Waals surface area contributed by atoms with E-state index < -0.39 is 11.9 Å². The van der Waals surface area contributed by atoms with Gasteiger partial charge >= 0.3 is 0 Å². The Morgan fingerprint density at radius 3 is 2.75 bits per heavy atom. The second kappa shape index (κ2) is 9.59. The molecule has 2 rings (SSSR count). The van der Waals surface area contributed by atoms with Crippen LogP contribution in [0.15, 0.2) is 24.3 Å². The predicted molar refractivity (Wildman–Crippen MR) is 88.3 cm³/mol. The van der Waals surface area contributed by atoms with Gasteiger partial charge in [0.1, 0.15) is 6.61 Å². The van der Waals surface area contributed by atoms with Crippen molar-refractivity contribution in [3.8, 4) is 5.75 Å². The number of amides is 1. The van der Waals surface area contributed by atoms with Crippen LogP contribution in [0.2, 0.25) is 0 Å². The molecule has 0 aliphatic heterocycles. The van der Waals surface area contributed by atoms with Gasteiger partial charge in [-0.25, -0.2) is 4.39 Å². The molecule has 5 nitrogen and oxygen atoms in total. The third-order valence-electron chi connectivity index (χ3n) is 4.33. The number of halogens is 1. The Kier molecular flexibility index (Phi) is 7.46. The fraction of sp³-hybridized carbons (Fsp3) is 0.611. The molecule has 0 radical (unpaired) electrons. The van der Waals surface area contributed by atoms with Crippen LogP contribution in [0.25, 0.3) is 0 Å².